The second kappa shape index (κ2) is 7.54. The SMILES string of the molecule is Cc1ccc(CNCCCOc2ccccc2)nc1. The van der Waals surface area contributed by atoms with Crippen molar-refractivity contribution in [2.24, 2.45) is 0 Å². The maximum atomic E-state index is 5.62. The quantitative estimate of drug-likeness (QED) is 0.773. The summed E-state index contributed by atoms with van der Waals surface area (Å²) in [5.74, 6) is 0.933. The molecular formula is C16H20N2O. The molecule has 1 aromatic carbocycles. The van der Waals surface area contributed by atoms with Crippen molar-refractivity contribution in [3.05, 3.63) is 59.9 Å². The Morgan fingerprint density at radius 2 is 1.95 bits per heavy atom. The lowest BCUT2D eigenvalue weighted by molar-refractivity contribution is 0.308. The fourth-order valence-corrected chi connectivity index (χ4v) is 1.72. The highest BCUT2D eigenvalue weighted by atomic mass is 16.5. The van der Waals surface area contributed by atoms with Crippen LogP contribution >= 0.6 is 0 Å². The second-order valence-corrected chi connectivity index (χ2v) is 4.52. The first kappa shape index (κ1) is 13.6. The van der Waals surface area contributed by atoms with E-state index in [9.17, 15) is 0 Å². The molecule has 1 aromatic heterocycles. The minimum atomic E-state index is 0.734. The van der Waals surface area contributed by atoms with Crippen molar-refractivity contribution >= 4 is 0 Å². The summed E-state index contributed by atoms with van der Waals surface area (Å²) in [7, 11) is 0. The van der Waals surface area contributed by atoms with Gasteiger partial charge in [0.1, 0.15) is 5.75 Å². The van der Waals surface area contributed by atoms with Gasteiger partial charge in [-0.2, -0.15) is 0 Å². The molecule has 1 N–H and O–H groups in total. The zero-order valence-corrected chi connectivity index (χ0v) is 11.3. The average molecular weight is 256 g/mol. The molecule has 0 aliphatic rings. The number of hydrogen-bond acceptors (Lipinski definition) is 3. The van der Waals surface area contributed by atoms with Gasteiger partial charge in [-0.05, 0) is 43.7 Å². The minimum absolute atomic E-state index is 0.734. The van der Waals surface area contributed by atoms with E-state index in [1.165, 1.54) is 5.56 Å². The fourth-order valence-electron chi connectivity index (χ4n) is 1.72. The maximum Gasteiger partial charge on any atom is 0.119 e. The molecule has 1 heterocycles. The number of para-hydroxylation sites is 1. The van der Waals surface area contributed by atoms with Crippen LogP contribution in [-0.2, 0) is 6.54 Å². The van der Waals surface area contributed by atoms with Gasteiger partial charge in [0.15, 0.2) is 0 Å². The van der Waals surface area contributed by atoms with Crippen LogP contribution in [0.1, 0.15) is 17.7 Å². The van der Waals surface area contributed by atoms with Crippen molar-refractivity contribution < 1.29 is 4.74 Å². The summed E-state index contributed by atoms with van der Waals surface area (Å²) in [5.41, 5.74) is 2.27. The van der Waals surface area contributed by atoms with Gasteiger partial charge >= 0.3 is 0 Å². The smallest absolute Gasteiger partial charge is 0.119 e. The Balaban J connectivity index is 1.56. The van der Waals surface area contributed by atoms with Crippen molar-refractivity contribution in [1.82, 2.24) is 10.3 Å². The fraction of sp³-hybridized carbons (Fsp3) is 0.312. The van der Waals surface area contributed by atoms with E-state index in [1.54, 1.807) is 0 Å². The molecule has 19 heavy (non-hydrogen) atoms. The third-order valence-electron chi connectivity index (χ3n) is 2.79. The number of rotatable bonds is 7. The van der Waals surface area contributed by atoms with Gasteiger partial charge in [-0.1, -0.05) is 24.3 Å². The van der Waals surface area contributed by atoms with Gasteiger partial charge in [-0.3, -0.25) is 4.98 Å². The molecule has 2 aromatic rings. The summed E-state index contributed by atoms with van der Waals surface area (Å²) in [6.07, 6.45) is 2.89. The molecule has 0 radical (unpaired) electrons. The highest BCUT2D eigenvalue weighted by Crippen LogP contribution is 2.08. The van der Waals surface area contributed by atoms with Crippen LogP contribution < -0.4 is 10.1 Å². The van der Waals surface area contributed by atoms with Gasteiger partial charge in [0.25, 0.3) is 0 Å². The lowest BCUT2D eigenvalue weighted by Gasteiger charge is -2.07. The number of nitrogens with one attached hydrogen (secondary N) is 1. The molecule has 0 aliphatic heterocycles. The Labute approximate surface area is 114 Å². The van der Waals surface area contributed by atoms with E-state index in [4.69, 9.17) is 4.74 Å². The lowest BCUT2D eigenvalue weighted by Crippen LogP contribution is -2.17. The van der Waals surface area contributed by atoms with Gasteiger partial charge in [-0.15, -0.1) is 0 Å². The van der Waals surface area contributed by atoms with E-state index in [0.717, 1.165) is 37.6 Å². The van der Waals surface area contributed by atoms with Gasteiger partial charge < -0.3 is 10.1 Å². The molecule has 3 nitrogen and oxygen atoms in total. The first-order valence-corrected chi connectivity index (χ1v) is 6.65. The normalized spacial score (nSPS) is 10.4. The Bertz CT molecular complexity index is 468. The van der Waals surface area contributed by atoms with Crippen LogP contribution in [-0.4, -0.2) is 18.1 Å². The van der Waals surface area contributed by atoms with Gasteiger partial charge in [0, 0.05) is 12.7 Å². The van der Waals surface area contributed by atoms with Crippen LogP contribution in [0, 0.1) is 6.92 Å². The molecule has 0 atom stereocenters. The van der Waals surface area contributed by atoms with Gasteiger partial charge in [0.05, 0.1) is 12.3 Å². The van der Waals surface area contributed by atoms with E-state index in [2.05, 4.69) is 22.4 Å². The van der Waals surface area contributed by atoms with Crippen LogP contribution in [0.4, 0.5) is 0 Å². The van der Waals surface area contributed by atoms with Crippen LogP contribution in [0.3, 0.4) is 0 Å². The first-order chi connectivity index (χ1) is 9.34. The van der Waals surface area contributed by atoms with Crippen LogP contribution in [0.2, 0.25) is 0 Å². The number of ether oxygens (including phenoxy) is 1. The molecule has 3 heteroatoms. The molecule has 0 bridgehead atoms. The molecule has 100 valence electrons. The molecule has 0 saturated heterocycles. The van der Waals surface area contributed by atoms with Crippen LogP contribution in [0.5, 0.6) is 5.75 Å². The number of aryl methyl sites for hydroxylation is 1. The molecule has 0 spiro atoms. The standard InChI is InChI=1S/C16H20N2O/c1-14-8-9-15(18-12-14)13-17-10-5-11-19-16-6-3-2-4-7-16/h2-4,6-9,12,17H,5,10-11,13H2,1H3. The molecule has 2 rings (SSSR count). The average Bonchev–Trinajstić information content (AvgIpc) is 2.46. The number of pyridine rings is 1. The third kappa shape index (κ3) is 5.10. The summed E-state index contributed by atoms with van der Waals surface area (Å²) in [5, 5.41) is 3.36. The van der Waals surface area contributed by atoms with Gasteiger partial charge in [-0.25, -0.2) is 0 Å². The highest BCUT2D eigenvalue weighted by Gasteiger charge is 1.95. The summed E-state index contributed by atoms with van der Waals surface area (Å²) in [4.78, 5) is 4.35. The number of nitrogens with zero attached hydrogens (tertiary/aromatic N) is 1. The summed E-state index contributed by atoms with van der Waals surface area (Å²) >= 11 is 0. The van der Waals surface area contributed by atoms with E-state index >= 15 is 0 Å². The summed E-state index contributed by atoms with van der Waals surface area (Å²) in [6.45, 7) is 4.53. The minimum Gasteiger partial charge on any atom is -0.494 e. The second-order valence-electron chi connectivity index (χ2n) is 4.52. The number of hydrogen-bond donors (Lipinski definition) is 1. The monoisotopic (exact) mass is 256 g/mol. The number of benzene rings is 1. The Morgan fingerprint density at radius 3 is 2.68 bits per heavy atom. The Morgan fingerprint density at radius 1 is 1.11 bits per heavy atom. The summed E-state index contributed by atoms with van der Waals surface area (Å²) < 4.78 is 5.62. The molecule has 0 unspecified atom stereocenters. The third-order valence-corrected chi connectivity index (χ3v) is 2.79. The zero-order valence-electron chi connectivity index (χ0n) is 11.3. The Hall–Kier alpha value is -1.87. The molecule has 0 fully saturated rings. The summed E-state index contributed by atoms with van der Waals surface area (Å²) in [6, 6.07) is 14.1. The van der Waals surface area contributed by atoms with Crippen molar-refractivity contribution in [3.8, 4) is 5.75 Å². The van der Waals surface area contributed by atoms with Crippen LogP contribution in [0.15, 0.2) is 48.7 Å². The highest BCUT2D eigenvalue weighted by molar-refractivity contribution is 5.20. The van der Waals surface area contributed by atoms with Crippen molar-refractivity contribution in [3.63, 3.8) is 0 Å². The molecular weight excluding hydrogens is 236 g/mol. The zero-order chi connectivity index (χ0) is 13.3. The van der Waals surface area contributed by atoms with Gasteiger partial charge in [0.2, 0.25) is 0 Å². The maximum absolute atomic E-state index is 5.62. The predicted octanol–water partition coefficient (Wildman–Crippen LogP) is 2.95. The largest absolute Gasteiger partial charge is 0.494 e. The Kier molecular flexibility index (Phi) is 5.38. The van der Waals surface area contributed by atoms with Crippen molar-refractivity contribution in [2.45, 2.75) is 19.9 Å². The van der Waals surface area contributed by atoms with E-state index in [1.807, 2.05) is 43.5 Å². The van der Waals surface area contributed by atoms with E-state index in [0.29, 0.717) is 0 Å². The van der Waals surface area contributed by atoms with Crippen molar-refractivity contribution in [1.29, 1.82) is 0 Å². The lowest BCUT2D eigenvalue weighted by atomic mass is 10.3. The first-order valence-electron chi connectivity index (χ1n) is 6.65. The molecule has 0 saturated carbocycles. The number of aromatic nitrogens is 1. The molecule has 0 aliphatic carbocycles. The topological polar surface area (TPSA) is 34.1 Å². The predicted molar refractivity (Wildman–Crippen MR) is 77.2 cm³/mol. The van der Waals surface area contributed by atoms with Crippen LogP contribution in [0.25, 0.3) is 0 Å². The van der Waals surface area contributed by atoms with Crippen molar-refractivity contribution in [2.75, 3.05) is 13.2 Å². The van der Waals surface area contributed by atoms with E-state index in [-0.39, 0.29) is 0 Å². The molecule has 0 amide bonds. The van der Waals surface area contributed by atoms with E-state index < -0.39 is 0 Å².